The highest BCUT2D eigenvalue weighted by atomic mass is 35.5. The minimum atomic E-state index is 0.0589. The lowest BCUT2D eigenvalue weighted by atomic mass is 10.1. The minimum absolute atomic E-state index is 0.0589. The van der Waals surface area contributed by atoms with Gasteiger partial charge in [-0.25, -0.2) is 0 Å². The van der Waals surface area contributed by atoms with Crippen LogP contribution in [0.3, 0.4) is 0 Å². The molecule has 0 atom stereocenters. The zero-order valence-electron chi connectivity index (χ0n) is 7.90. The van der Waals surface area contributed by atoms with E-state index in [1.165, 1.54) is 0 Å². The third-order valence-corrected chi connectivity index (χ3v) is 4.79. The van der Waals surface area contributed by atoms with Gasteiger partial charge < -0.3 is 0 Å². The number of hydrogen-bond acceptors (Lipinski definition) is 3. The minimum Gasteiger partial charge on any atom is -0.289 e. The molecule has 1 aliphatic rings. The molecule has 0 amide bonds. The van der Waals surface area contributed by atoms with E-state index in [0.717, 1.165) is 15.7 Å². The molecule has 0 aromatic heterocycles. The van der Waals surface area contributed by atoms with Crippen molar-refractivity contribution in [3.05, 3.63) is 45.2 Å². The predicted molar refractivity (Wildman–Crippen MR) is 68.8 cm³/mol. The van der Waals surface area contributed by atoms with Crippen molar-refractivity contribution in [2.75, 3.05) is 11.5 Å². The summed E-state index contributed by atoms with van der Waals surface area (Å²) in [4.78, 5) is 11.8. The SMILES string of the molecule is O=C(C=C1SCCS1)c1ccc(Cl)cc1. The Hall–Kier alpha value is -0.380. The number of benzene rings is 1. The average Bonchev–Trinajstić information content (AvgIpc) is 2.71. The number of halogens is 1. The van der Waals surface area contributed by atoms with E-state index >= 15 is 0 Å². The molecule has 1 aromatic rings. The molecule has 15 heavy (non-hydrogen) atoms. The van der Waals surface area contributed by atoms with E-state index in [0.29, 0.717) is 10.6 Å². The Balaban J connectivity index is 2.14. The second kappa shape index (κ2) is 5.10. The number of hydrogen-bond donors (Lipinski definition) is 0. The van der Waals surface area contributed by atoms with Crippen LogP contribution in [0.4, 0.5) is 0 Å². The summed E-state index contributed by atoms with van der Waals surface area (Å²) in [6, 6.07) is 6.99. The van der Waals surface area contributed by atoms with Crippen LogP contribution in [0, 0.1) is 0 Å². The molecule has 0 saturated carbocycles. The zero-order valence-corrected chi connectivity index (χ0v) is 10.3. The van der Waals surface area contributed by atoms with E-state index in [-0.39, 0.29) is 5.78 Å². The van der Waals surface area contributed by atoms with E-state index in [2.05, 4.69) is 0 Å². The van der Waals surface area contributed by atoms with Crippen molar-refractivity contribution in [2.24, 2.45) is 0 Å². The van der Waals surface area contributed by atoms with Gasteiger partial charge in [0.15, 0.2) is 5.78 Å². The molecule has 0 aliphatic carbocycles. The Morgan fingerprint density at radius 3 is 2.40 bits per heavy atom. The van der Waals surface area contributed by atoms with Crippen LogP contribution in [-0.4, -0.2) is 17.3 Å². The molecule has 2 rings (SSSR count). The molecule has 1 saturated heterocycles. The first-order valence-electron chi connectivity index (χ1n) is 4.53. The van der Waals surface area contributed by atoms with Gasteiger partial charge in [0.25, 0.3) is 0 Å². The van der Waals surface area contributed by atoms with Gasteiger partial charge in [-0.3, -0.25) is 4.79 Å². The lowest BCUT2D eigenvalue weighted by Crippen LogP contribution is -1.93. The van der Waals surface area contributed by atoms with Gasteiger partial charge in [0.2, 0.25) is 0 Å². The van der Waals surface area contributed by atoms with Crippen molar-refractivity contribution in [3.63, 3.8) is 0 Å². The number of carbonyl (C=O) groups excluding carboxylic acids is 1. The highest BCUT2D eigenvalue weighted by Crippen LogP contribution is 2.36. The Bertz CT molecular complexity index is 390. The molecule has 1 heterocycles. The van der Waals surface area contributed by atoms with Gasteiger partial charge in [-0.2, -0.15) is 0 Å². The van der Waals surface area contributed by atoms with Gasteiger partial charge in [0.1, 0.15) is 0 Å². The highest BCUT2D eigenvalue weighted by molar-refractivity contribution is 8.25. The van der Waals surface area contributed by atoms with Gasteiger partial charge >= 0.3 is 0 Å². The molecule has 1 aliphatic heterocycles. The van der Waals surface area contributed by atoms with Crippen molar-refractivity contribution < 1.29 is 4.79 Å². The number of thioether (sulfide) groups is 2. The summed E-state index contributed by atoms with van der Waals surface area (Å²) in [7, 11) is 0. The topological polar surface area (TPSA) is 17.1 Å². The van der Waals surface area contributed by atoms with Crippen molar-refractivity contribution >= 4 is 40.9 Å². The quantitative estimate of drug-likeness (QED) is 0.591. The fraction of sp³-hybridized carbons (Fsp3) is 0.182. The molecule has 1 aromatic carbocycles. The Morgan fingerprint density at radius 2 is 1.80 bits per heavy atom. The fourth-order valence-corrected chi connectivity index (χ4v) is 3.62. The number of carbonyl (C=O) groups is 1. The first-order valence-corrected chi connectivity index (χ1v) is 6.88. The summed E-state index contributed by atoms with van der Waals surface area (Å²) in [5, 5.41) is 0.656. The first-order chi connectivity index (χ1) is 7.25. The van der Waals surface area contributed by atoms with Crippen LogP contribution < -0.4 is 0 Å². The number of rotatable bonds is 2. The molecular weight excluding hydrogens is 248 g/mol. The molecule has 1 nitrogen and oxygen atoms in total. The standard InChI is InChI=1S/C11H9ClOS2/c12-9-3-1-8(2-4-9)10(13)7-11-14-5-6-15-11/h1-4,7H,5-6H2. The maximum absolute atomic E-state index is 11.8. The smallest absolute Gasteiger partial charge is 0.187 e. The molecule has 4 heteroatoms. The van der Waals surface area contributed by atoms with E-state index in [9.17, 15) is 4.79 Å². The van der Waals surface area contributed by atoms with Crippen LogP contribution in [-0.2, 0) is 0 Å². The third-order valence-electron chi connectivity index (χ3n) is 1.95. The first kappa shape index (κ1) is 11.1. The van der Waals surface area contributed by atoms with Crippen LogP contribution in [0.15, 0.2) is 34.6 Å². The maximum Gasteiger partial charge on any atom is 0.187 e. The molecule has 1 fully saturated rings. The molecule has 78 valence electrons. The van der Waals surface area contributed by atoms with Crippen molar-refractivity contribution in [2.45, 2.75) is 0 Å². The van der Waals surface area contributed by atoms with Gasteiger partial charge in [-0.05, 0) is 24.3 Å². The molecule has 0 spiro atoms. The summed E-state index contributed by atoms with van der Waals surface area (Å²) in [5.74, 6) is 2.26. The predicted octanol–water partition coefficient (Wildman–Crippen LogP) is 3.84. The van der Waals surface area contributed by atoms with Crippen molar-refractivity contribution in [3.8, 4) is 0 Å². The average molecular weight is 257 g/mol. The summed E-state index contributed by atoms with van der Waals surface area (Å²) < 4.78 is 1.12. The Kier molecular flexibility index (Phi) is 3.78. The summed E-state index contributed by atoms with van der Waals surface area (Å²) in [6.45, 7) is 0. The van der Waals surface area contributed by atoms with Crippen LogP contribution in [0.1, 0.15) is 10.4 Å². The molecular formula is C11H9ClOS2. The van der Waals surface area contributed by atoms with Crippen LogP contribution >= 0.6 is 35.1 Å². The second-order valence-electron chi connectivity index (χ2n) is 3.03. The molecule has 0 bridgehead atoms. The number of allylic oxidation sites excluding steroid dienone is 1. The van der Waals surface area contributed by atoms with Crippen LogP contribution in [0.25, 0.3) is 0 Å². The Labute approximate surface area is 102 Å². The second-order valence-corrected chi connectivity index (χ2v) is 6.00. The normalized spacial score (nSPS) is 15.4. The zero-order chi connectivity index (χ0) is 10.7. The summed E-state index contributed by atoms with van der Waals surface area (Å²) >= 11 is 9.24. The van der Waals surface area contributed by atoms with Gasteiger partial charge in [-0.1, -0.05) is 11.6 Å². The highest BCUT2D eigenvalue weighted by Gasteiger charge is 2.10. The maximum atomic E-state index is 11.8. The van der Waals surface area contributed by atoms with Crippen molar-refractivity contribution in [1.29, 1.82) is 0 Å². The van der Waals surface area contributed by atoms with E-state index in [1.807, 2.05) is 0 Å². The monoisotopic (exact) mass is 256 g/mol. The van der Waals surface area contributed by atoms with Gasteiger partial charge in [-0.15, -0.1) is 23.5 Å². The lowest BCUT2D eigenvalue weighted by molar-refractivity contribution is 0.104. The van der Waals surface area contributed by atoms with E-state index in [4.69, 9.17) is 11.6 Å². The summed E-state index contributed by atoms with van der Waals surface area (Å²) in [6.07, 6.45) is 1.71. The third kappa shape index (κ3) is 3.03. The fourth-order valence-electron chi connectivity index (χ4n) is 1.21. The lowest BCUT2D eigenvalue weighted by Gasteiger charge is -1.97. The van der Waals surface area contributed by atoms with Crippen LogP contribution in [0.2, 0.25) is 5.02 Å². The van der Waals surface area contributed by atoms with E-state index < -0.39 is 0 Å². The molecule has 0 N–H and O–H groups in total. The van der Waals surface area contributed by atoms with Crippen molar-refractivity contribution in [1.82, 2.24) is 0 Å². The largest absolute Gasteiger partial charge is 0.289 e. The molecule has 0 radical (unpaired) electrons. The van der Waals surface area contributed by atoms with E-state index in [1.54, 1.807) is 53.9 Å². The summed E-state index contributed by atoms with van der Waals surface area (Å²) in [5.41, 5.74) is 0.694. The van der Waals surface area contributed by atoms with Gasteiger partial charge in [0, 0.05) is 32.4 Å². The Morgan fingerprint density at radius 1 is 1.20 bits per heavy atom. The number of ketones is 1. The van der Waals surface area contributed by atoms with Crippen LogP contribution in [0.5, 0.6) is 0 Å². The van der Waals surface area contributed by atoms with Gasteiger partial charge in [0.05, 0.1) is 0 Å². The molecule has 0 unspecified atom stereocenters.